The minimum absolute atomic E-state index is 0.0126. The maximum Gasteiger partial charge on any atom is 0.409 e. The van der Waals surface area contributed by atoms with Crippen LogP contribution in [0.4, 0.5) is 10.6 Å². The molecule has 2 fully saturated rings. The maximum atomic E-state index is 14.2. The molecule has 59 heavy (non-hydrogen) atoms. The van der Waals surface area contributed by atoms with E-state index < -0.39 is 44.5 Å². The fourth-order valence-electron chi connectivity index (χ4n) is 6.52. The van der Waals surface area contributed by atoms with Gasteiger partial charge in [0.2, 0.25) is 13.9 Å². The highest BCUT2D eigenvalue weighted by Gasteiger charge is 2.32. The SMILES string of the molecule is CCCC(=O)OC(OC(=O)CCC)O[PH](=O)c1ccc(CC(NC(=O)c2cc(N3CCC(OC)C3)nc(-c3ccccc3)n2)C(=O)N2CCN(C(=O)OCC)CC2)cc1. The van der Waals surface area contributed by atoms with Gasteiger partial charge in [-0.05, 0) is 43.9 Å². The first-order valence-electron chi connectivity index (χ1n) is 19.9. The van der Waals surface area contributed by atoms with E-state index in [1.54, 1.807) is 51.0 Å². The van der Waals surface area contributed by atoms with E-state index in [9.17, 15) is 28.5 Å². The average Bonchev–Trinajstić information content (AvgIpc) is 3.73. The van der Waals surface area contributed by atoms with Crippen LogP contribution in [-0.4, -0.2) is 121 Å². The normalized spacial score (nSPS) is 16.4. The molecule has 3 heterocycles. The summed E-state index contributed by atoms with van der Waals surface area (Å²) in [5.74, 6) is -1.39. The van der Waals surface area contributed by atoms with E-state index in [1.807, 2.05) is 35.2 Å². The maximum absolute atomic E-state index is 14.2. The van der Waals surface area contributed by atoms with Crippen LogP contribution >= 0.6 is 8.03 Å². The number of nitrogens with zero attached hydrogens (tertiary/aromatic N) is 5. The lowest BCUT2D eigenvalue weighted by Gasteiger charge is -2.36. The third-order valence-corrected chi connectivity index (χ3v) is 10.9. The summed E-state index contributed by atoms with van der Waals surface area (Å²) in [6, 6.07) is 16.2. The quantitative estimate of drug-likeness (QED) is 0.109. The Bertz CT molecular complexity index is 1910. The van der Waals surface area contributed by atoms with Gasteiger partial charge in [-0.25, -0.2) is 14.8 Å². The van der Waals surface area contributed by atoms with E-state index in [0.29, 0.717) is 48.7 Å². The molecule has 18 heteroatoms. The monoisotopic (exact) mass is 836 g/mol. The predicted octanol–water partition coefficient (Wildman–Crippen LogP) is 4.10. The Hall–Kier alpha value is -5.38. The number of anilines is 1. The molecule has 0 saturated carbocycles. The number of hydrogen-bond donors (Lipinski definition) is 1. The molecular weight excluding hydrogens is 783 g/mol. The lowest BCUT2D eigenvalue weighted by Crippen LogP contribution is -2.56. The Morgan fingerprint density at radius 1 is 0.847 bits per heavy atom. The largest absolute Gasteiger partial charge is 0.450 e. The van der Waals surface area contributed by atoms with Gasteiger partial charge >= 0.3 is 24.5 Å². The fourth-order valence-corrected chi connectivity index (χ4v) is 7.36. The lowest BCUT2D eigenvalue weighted by molar-refractivity contribution is -0.233. The number of carbonyl (C=O) groups excluding carboxylic acids is 5. The summed E-state index contributed by atoms with van der Waals surface area (Å²) in [5.41, 5.74) is 1.40. The Balaban J connectivity index is 1.38. The molecule has 3 atom stereocenters. The summed E-state index contributed by atoms with van der Waals surface area (Å²) < 4.78 is 39.7. The molecule has 318 valence electrons. The number of hydrogen-bond acceptors (Lipinski definition) is 14. The molecule has 0 radical (unpaired) electrons. The molecule has 2 aliphatic rings. The third-order valence-electron chi connectivity index (χ3n) is 9.70. The van der Waals surface area contributed by atoms with Gasteiger partial charge < -0.3 is 39.0 Å². The first-order chi connectivity index (χ1) is 28.5. The van der Waals surface area contributed by atoms with E-state index in [-0.39, 0.29) is 75.1 Å². The van der Waals surface area contributed by atoms with Crippen molar-refractivity contribution in [3.8, 4) is 11.4 Å². The molecule has 3 unspecified atom stereocenters. The first-order valence-corrected chi connectivity index (χ1v) is 21.3. The van der Waals surface area contributed by atoms with Crippen molar-refractivity contribution in [1.29, 1.82) is 0 Å². The minimum atomic E-state index is -3.09. The lowest BCUT2D eigenvalue weighted by atomic mass is 10.0. The number of rotatable bonds is 18. The van der Waals surface area contributed by atoms with Crippen LogP contribution in [0.2, 0.25) is 0 Å². The summed E-state index contributed by atoms with van der Waals surface area (Å²) in [4.78, 5) is 79.7. The van der Waals surface area contributed by atoms with Crippen molar-refractivity contribution in [3.05, 3.63) is 71.9 Å². The first kappa shape index (κ1) is 44.7. The molecule has 0 aliphatic carbocycles. The molecule has 17 nitrogen and oxygen atoms in total. The van der Waals surface area contributed by atoms with Gasteiger partial charge in [-0.1, -0.05) is 56.3 Å². The van der Waals surface area contributed by atoms with Gasteiger partial charge in [-0.15, -0.1) is 0 Å². The van der Waals surface area contributed by atoms with Gasteiger partial charge in [0.1, 0.15) is 17.6 Å². The number of piperazine rings is 1. The van der Waals surface area contributed by atoms with Gasteiger partial charge in [0.15, 0.2) is 5.82 Å². The summed E-state index contributed by atoms with van der Waals surface area (Å²) in [6.07, 6.45) is 1.47. The predicted molar refractivity (Wildman–Crippen MR) is 217 cm³/mol. The van der Waals surface area contributed by atoms with Gasteiger partial charge in [0.05, 0.1) is 12.7 Å². The van der Waals surface area contributed by atoms with Crippen molar-refractivity contribution in [3.63, 3.8) is 0 Å². The number of amides is 3. The van der Waals surface area contributed by atoms with Gasteiger partial charge in [-0.3, -0.25) is 28.3 Å². The van der Waals surface area contributed by atoms with E-state index in [1.165, 1.54) is 17.0 Å². The van der Waals surface area contributed by atoms with Crippen molar-refractivity contribution < 1.29 is 52.0 Å². The molecule has 0 bridgehead atoms. The number of aromatic nitrogens is 2. The molecule has 5 rings (SSSR count). The molecule has 2 aromatic carbocycles. The third kappa shape index (κ3) is 12.8. The van der Waals surface area contributed by atoms with Crippen LogP contribution in [0.25, 0.3) is 11.4 Å². The van der Waals surface area contributed by atoms with Crippen molar-refractivity contribution in [1.82, 2.24) is 25.1 Å². The van der Waals surface area contributed by atoms with Crippen LogP contribution in [0.1, 0.15) is 68.9 Å². The van der Waals surface area contributed by atoms with Crippen LogP contribution in [0.3, 0.4) is 0 Å². The van der Waals surface area contributed by atoms with E-state index in [4.69, 9.17) is 28.5 Å². The average molecular weight is 837 g/mol. The molecule has 2 saturated heterocycles. The molecule has 1 N–H and O–H groups in total. The highest BCUT2D eigenvalue weighted by atomic mass is 31.1. The van der Waals surface area contributed by atoms with Crippen LogP contribution in [0.15, 0.2) is 60.7 Å². The second-order valence-corrected chi connectivity index (χ2v) is 15.4. The van der Waals surface area contributed by atoms with Crippen LogP contribution in [0.5, 0.6) is 0 Å². The zero-order valence-electron chi connectivity index (χ0n) is 33.9. The Morgan fingerprint density at radius 3 is 2.08 bits per heavy atom. The van der Waals surface area contributed by atoms with Crippen LogP contribution < -0.4 is 15.5 Å². The molecule has 0 spiro atoms. The highest BCUT2D eigenvalue weighted by Crippen LogP contribution is 2.27. The number of nitrogens with one attached hydrogen (secondary N) is 1. The summed E-state index contributed by atoms with van der Waals surface area (Å²) in [5, 5.41) is 3.16. The zero-order chi connectivity index (χ0) is 42.3. The molecule has 3 aromatic rings. The smallest absolute Gasteiger partial charge is 0.409 e. The van der Waals surface area contributed by atoms with Gasteiger partial charge in [-0.2, -0.15) is 0 Å². The Labute approximate surface area is 344 Å². The van der Waals surface area contributed by atoms with Crippen molar-refractivity contribution >= 4 is 49.0 Å². The topological polar surface area (TPSA) is 196 Å². The number of methoxy groups -OCH3 is 1. The molecule has 3 amide bonds. The van der Waals surface area contributed by atoms with Gasteiger partial charge in [0, 0.05) is 82.6 Å². The number of benzene rings is 2. The Morgan fingerprint density at radius 2 is 1.49 bits per heavy atom. The molecule has 2 aliphatic heterocycles. The van der Waals surface area contributed by atoms with E-state index >= 15 is 0 Å². The fraction of sp³-hybridized carbons (Fsp3) is 0.488. The zero-order valence-corrected chi connectivity index (χ0v) is 34.9. The Kier molecular flexibility index (Phi) is 16.8. The van der Waals surface area contributed by atoms with Crippen LogP contribution in [-0.2, 0) is 48.8 Å². The number of carbonyl (C=O) groups is 5. The van der Waals surface area contributed by atoms with E-state index in [0.717, 1.165) is 6.42 Å². The second kappa shape index (κ2) is 22.1. The molecular formula is C41H53N6O11P. The van der Waals surface area contributed by atoms with Gasteiger partial charge in [0.25, 0.3) is 5.91 Å². The summed E-state index contributed by atoms with van der Waals surface area (Å²) in [7, 11) is -1.43. The van der Waals surface area contributed by atoms with Crippen molar-refractivity contribution in [2.75, 3.05) is 57.9 Å². The van der Waals surface area contributed by atoms with E-state index in [2.05, 4.69) is 10.3 Å². The number of esters is 2. The highest BCUT2D eigenvalue weighted by molar-refractivity contribution is 7.48. The summed E-state index contributed by atoms with van der Waals surface area (Å²) >= 11 is 0. The summed E-state index contributed by atoms with van der Waals surface area (Å²) in [6.45, 7) is 5.94. The molecule has 1 aromatic heterocycles. The standard InChI is InChI=1S/C41H53N6O11P/c1-5-11-35(48)56-41(57-36(49)12-6-2)58-59(53)31-17-15-28(16-18-31)25-33(39(51)45-21-23-46(24-22-45)40(52)55-7-3)43-38(50)32-26-34(47-20-19-30(27-47)54-4)44-37(42-32)29-13-9-8-10-14-29/h8-10,13-18,26,30,33,41,59H,5-7,11-12,19-25,27H2,1-4H3,(H,43,50). The second-order valence-electron chi connectivity index (χ2n) is 14.0. The number of ether oxygens (including phenoxy) is 4. The minimum Gasteiger partial charge on any atom is -0.450 e. The van der Waals surface area contributed by atoms with Crippen molar-refractivity contribution in [2.24, 2.45) is 0 Å². The van der Waals surface area contributed by atoms with Crippen LogP contribution in [0, 0.1) is 0 Å². The van der Waals surface area contributed by atoms with Crippen molar-refractivity contribution in [2.45, 2.75) is 77.9 Å².